The van der Waals surface area contributed by atoms with E-state index in [9.17, 15) is 14.3 Å². The topological polar surface area (TPSA) is 84.1 Å². The predicted octanol–water partition coefficient (Wildman–Crippen LogP) is 3.79. The van der Waals surface area contributed by atoms with Gasteiger partial charge in [-0.15, -0.1) is 21.5 Å². The maximum absolute atomic E-state index is 13.3. The number of aromatic nitrogens is 4. The number of nitrogens with zero attached hydrogens (tertiary/aromatic N) is 5. The van der Waals surface area contributed by atoms with Crippen LogP contribution in [-0.4, -0.2) is 48.8 Å². The van der Waals surface area contributed by atoms with Gasteiger partial charge in [0.15, 0.2) is 11.6 Å². The van der Waals surface area contributed by atoms with Gasteiger partial charge in [-0.1, -0.05) is 30.3 Å². The molecule has 0 radical (unpaired) electrons. The first-order valence-electron chi connectivity index (χ1n) is 10.3. The van der Waals surface area contributed by atoms with Gasteiger partial charge in [0, 0.05) is 36.2 Å². The molecule has 0 saturated heterocycles. The van der Waals surface area contributed by atoms with E-state index in [1.807, 2.05) is 40.3 Å². The van der Waals surface area contributed by atoms with Crippen molar-refractivity contribution in [1.82, 2.24) is 24.6 Å². The smallest absolute Gasteiger partial charge is 0.254 e. The van der Waals surface area contributed by atoms with Crippen LogP contribution < -0.4 is 0 Å². The number of amides is 1. The van der Waals surface area contributed by atoms with Crippen LogP contribution in [0.15, 0.2) is 60.0 Å². The van der Waals surface area contributed by atoms with Crippen LogP contribution in [0.1, 0.15) is 28.6 Å². The molecule has 0 spiro atoms. The Labute approximate surface area is 187 Å². The summed E-state index contributed by atoms with van der Waals surface area (Å²) in [6.45, 7) is 0.828. The molecule has 0 unspecified atom stereocenters. The number of benzene rings is 2. The molecule has 1 atom stereocenters. The number of hydrogen-bond acceptors (Lipinski definition) is 6. The van der Waals surface area contributed by atoms with Gasteiger partial charge in [0.05, 0.1) is 6.04 Å². The molecule has 5 rings (SSSR count). The van der Waals surface area contributed by atoms with E-state index < -0.39 is 11.9 Å². The van der Waals surface area contributed by atoms with Crippen LogP contribution in [0.4, 0.5) is 4.39 Å². The van der Waals surface area contributed by atoms with Crippen molar-refractivity contribution < 1.29 is 14.3 Å². The summed E-state index contributed by atoms with van der Waals surface area (Å²) in [5.74, 6) is 0.647. The average Bonchev–Trinajstić information content (AvgIpc) is 3.47. The monoisotopic (exact) mass is 449 g/mol. The van der Waals surface area contributed by atoms with Crippen LogP contribution in [0.5, 0.6) is 0 Å². The summed E-state index contributed by atoms with van der Waals surface area (Å²) in [5, 5.41) is 21.2. The van der Waals surface area contributed by atoms with Gasteiger partial charge in [-0.3, -0.25) is 4.79 Å². The molecule has 0 aliphatic carbocycles. The van der Waals surface area contributed by atoms with Crippen molar-refractivity contribution in [3.05, 3.63) is 77.2 Å². The lowest BCUT2D eigenvalue weighted by Gasteiger charge is -2.35. The zero-order valence-electron chi connectivity index (χ0n) is 17.1. The number of thiazole rings is 1. The predicted molar refractivity (Wildman–Crippen MR) is 118 cm³/mol. The Hall–Kier alpha value is -3.43. The van der Waals surface area contributed by atoms with Gasteiger partial charge in [-0.05, 0) is 30.7 Å². The molecule has 0 bridgehead atoms. The fourth-order valence-corrected chi connectivity index (χ4v) is 4.78. The Balaban J connectivity index is 1.46. The van der Waals surface area contributed by atoms with Crippen LogP contribution in [-0.2, 0) is 6.54 Å². The molecule has 2 aromatic heterocycles. The molecule has 4 aromatic rings. The Bertz CT molecular complexity index is 1240. The van der Waals surface area contributed by atoms with Crippen molar-refractivity contribution in [2.24, 2.45) is 0 Å². The molecule has 0 saturated carbocycles. The van der Waals surface area contributed by atoms with Crippen LogP contribution in [0, 0.1) is 5.82 Å². The lowest BCUT2D eigenvalue weighted by atomic mass is 10.1. The molecular weight excluding hydrogens is 429 g/mol. The highest BCUT2D eigenvalue weighted by Crippen LogP contribution is 2.33. The summed E-state index contributed by atoms with van der Waals surface area (Å²) >= 11 is 1.54. The van der Waals surface area contributed by atoms with E-state index in [1.54, 1.807) is 4.90 Å². The Morgan fingerprint density at radius 3 is 2.62 bits per heavy atom. The highest BCUT2D eigenvalue weighted by Gasteiger charge is 2.35. The summed E-state index contributed by atoms with van der Waals surface area (Å²) < 4.78 is 15.2. The fourth-order valence-electron chi connectivity index (χ4n) is 3.97. The minimum Gasteiger partial charge on any atom is -0.396 e. The number of aliphatic hydroxyl groups is 1. The zero-order valence-corrected chi connectivity index (χ0v) is 17.9. The van der Waals surface area contributed by atoms with Gasteiger partial charge in [0.2, 0.25) is 0 Å². The number of carbonyl (C=O) groups excluding carboxylic acids is 1. The Morgan fingerprint density at radius 1 is 1.09 bits per heavy atom. The maximum Gasteiger partial charge on any atom is 0.254 e. The van der Waals surface area contributed by atoms with E-state index in [0.717, 1.165) is 16.3 Å². The van der Waals surface area contributed by atoms with Crippen LogP contribution in [0.2, 0.25) is 0 Å². The standard InChI is InChI=1S/C23H20FN5O2S/c24-17-8-6-16(7-9-17)23(31)28-11-12-29-20(26-27-21(29)19(28)10-13-30)18-14-32-22(25-18)15-4-2-1-3-5-15/h1-9,14,19,30H,10-13H2/t19-/m1/s1. The molecule has 3 heterocycles. The molecule has 1 aliphatic rings. The summed E-state index contributed by atoms with van der Waals surface area (Å²) in [7, 11) is 0. The summed E-state index contributed by atoms with van der Waals surface area (Å²) in [6.07, 6.45) is 0.331. The minimum absolute atomic E-state index is 0.102. The molecule has 1 amide bonds. The number of hydrogen-bond donors (Lipinski definition) is 1. The Morgan fingerprint density at radius 2 is 1.88 bits per heavy atom. The van der Waals surface area contributed by atoms with Gasteiger partial charge in [0.25, 0.3) is 5.91 Å². The number of rotatable bonds is 5. The van der Waals surface area contributed by atoms with Crippen LogP contribution >= 0.6 is 11.3 Å². The van der Waals surface area contributed by atoms with Crippen molar-refractivity contribution in [2.45, 2.75) is 19.0 Å². The summed E-state index contributed by atoms with van der Waals surface area (Å²) in [5.41, 5.74) is 2.17. The van der Waals surface area contributed by atoms with E-state index in [4.69, 9.17) is 4.98 Å². The number of fused-ring (bicyclic) bond motifs is 1. The number of aliphatic hydroxyl groups excluding tert-OH is 1. The average molecular weight is 450 g/mol. The molecule has 162 valence electrons. The van der Waals surface area contributed by atoms with Gasteiger partial charge < -0.3 is 14.6 Å². The Kier molecular flexibility index (Phi) is 5.50. The van der Waals surface area contributed by atoms with Gasteiger partial charge in [-0.2, -0.15) is 0 Å². The SMILES string of the molecule is O=C(c1ccc(F)cc1)N1CCn2c(-c3csc(-c4ccccc4)n3)nnc2[C@H]1CCO. The largest absolute Gasteiger partial charge is 0.396 e. The third-order valence-corrected chi connectivity index (χ3v) is 6.42. The fraction of sp³-hybridized carbons (Fsp3) is 0.217. The molecule has 32 heavy (non-hydrogen) atoms. The van der Waals surface area contributed by atoms with E-state index >= 15 is 0 Å². The van der Waals surface area contributed by atoms with Crippen molar-refractivity contribution >= 4 is 17.2 Å². The molecule has 1 N–H and O–H groups in total. The minimum atomic E-state index is -0.431. The van der Waals surface area contributed by atoms with Crippen molar-refractivity contribution in [3.8, 4) is 22.1 Å². The highest BCUT2D eigenvalue weighted by molar-refractivity contribution is 7.13. The molecule has 2 aromatic carbocycles. The van der Waals surface area contributed by atoms with E-state index in [2.05, 4.69) is 10.2 Å². The number of carbonyl (C=O) groups is 1. The zero-order chi connectivity index (χ0) is 22.1. The third kappa shape index (κ3) is 3.69. The summed E-state index contributed by atoms with van der Waals surface area (Å²) in [6, 6.07) is 15.0. The maximum atomic E-state index is 13.3. The normalized spacial score (nSPS) is 15.6. The van der Waals surface area contributed by atoms with Gasteiger partial charge in [0.1, 0.15) is 16.5 Å². The van der Waals surface area contributed by atoms with E-state index in [1.165, 1.54) is 35.6 Å². The summed E-state index contributed by atoms with van der Waals surface area (Å²) in [4.78, 5) is 19.5. The van der Waals surface area contributed by atoms with Gasteiger partial charge in [-0.25, -0.2) is 9.37 Å². The second-order valence-corrected chi connectivity index (χ2v) is 8.33. The quantitative estimate of drug-likeness (QED) is 0.501. The van der Waals surface area contributed by atoms with E-state index in [0.29, 0.717) is 36.7 Å². The van der Waals surface area contributed by atoms with Crippen molar-refractivity contribution in [1.29, 1.82) is 0 Å². The van der Waals surface area contributed by atoms with Crippen molar-refractivity contribution in [2.75, 3.05) is 13.2 Å². The van der Waals surface area contributed by atoms with Gasteiger partial charge >= 0.3 is 0 Å². The van der Waals surface area contributed by atoms with Crippen molar-refractivity contribution in [3.63, 3.8) is 0 Å². The second-order valence-electron chi connectivity index (χ2n) is 7.47. The van der Waals surface area contributed by atoms with Crippen LogP contribution in [0.3, 0.4) is 0 Å². The first-order valence-corrected chi connectivity index (χ1v) is 11.2. The van der Waals surface area contributed by atoms with Crippen LogP contribution in [0.25, 0.3) is 22.1 Å². The highest BCUT2D eigenvalue weighted by atomic mass is 32.1. The molecular formula is C23H20FN5O2S. The lowest BCUT2D eigenvalue weighted by Crippen LogP contribution is -2.43. The molecule has 1 aliphatic heterocycles. The molecule has 9 heteroatoms. The molecule has 0 fully saturated rings. The first-order chi connectivity index (χ1) is 15.7. The third-order valence-electron chi connectivity index (χ3n) is 5.53. The number of halogens is 1. The first kappa shape index (κ1) is 20.5. The second kappa shape index (κ2) is 8.60. The van der Waals surface area contributed by atoms with E-state index in [-0.39, 0.29) is 12.5 Å². The lowest BCUT2D eigenvalue weighted by molar-refractivity contribution is 0.0578. The molecule has 7 nitrogen and oxygen atoms in total.